The van der Waals surface area contributed by atoms with E-state index in [1.165, 1.54) is 12.1 Å². The summed E-state index contributed by atoms with van der Waals surface area (Å²) in [6.45, 7) is 4.52. The molecule has 3 nitrogen and oxygen atoms in total. The minimum absolute atomic E-state index is 0.194. The second kappa shape index (κ2) is 6.13. The van der Waals surface area contributed by atoms with Gasteiger partial charge in [-0.2, -0.15) is 5.10 Å². The average Bonchev–Trinajstić information content (AvgIpc) is 2.76. The number of halogens is 2. The van der Waals surface area contributed by atoms with Gasteiger partial charge in [0.1, 0.15) is 11.6 Å². The molecule has 0 saturated carbocycles. The first kappa shape index (κ1) is 14.7. The van der Waals surface area contributed by atoms with Gasteiger partial charge in [-0.05, 0) is 19.4 Å². The van der Waals surface area contributed by atoms with Gasteiger partial charge in [0, 0.05) is 43.0 Å². The Morgan fingerprint density at radius 3 is 2.75 bits per heavy atom. The zero-order valence-corrected chi connectivity index (χ0v) is 12.0. The summed E-state index contributed by atoms with van der Waals surface area (Å²) in [5, 5.41) is 7.61. The molecule has 0 fully saturated rings. The third-order valence-corrected chi connectivity index (χ3v) is 3.35. The molecule has 108 valence electrons. The summed E-state index contributed by atoms with van der Waals surface area (Å²) in [6.07, 6.45) is 2.82. The Bertz CT molecular complexity index is 593. The Morgan fingerprint density at radius 1 is 1.35 bits per heavy atom. The van der Waals surface area contributed by atoms with Gasteiger partial charge < -0.3 is 5.32 Å². The lowest BCUT2D eigenvalue weighted by Crippen LogP contribution is -2.19. The lowest BCUT2D eigenvalue weighted by molar-refractivity contribution is 0.517. The van der Waals surface area contributed by atoms with Gasteiger partial charge in [0.2, 0.25) is 0 Å². The fourth-order valence-electron chi connectivity index (χ4n) is 2.25. The Morgan fingerprint density at radius 2 is 2.10 bits per heavy atom. The molecule has 1 aromatic carbocycles. The largest absolute Gasteiger partial charge is 0.306 e. The molecule has 5 heteroatoms. The van der Waals surface area contributed by atoms with Crippen LogP contribution in [0.1, 0.15) is 36.7 Å². The van der Waals surface area contributed by atoms with Crippen LogP contribution in [-0.2, 0) is 20.0 Å². The number of hydrogen-bond donors (Lipinski definition) is 1. The maximum absolute atomic E-state index is 13.7. The predicted octanol–water partition coefficient (Wildman–Crippen LogP) is 3.11. The van der Waals surface area contributed by atoms with E-state index >= 15 is 0 Å². The van der Waals surface area contributed by atoms with Crippen molar-refractivity contribution in [2.75, 3.05) is 0 Å². The molecule has 0 aliphatic carbocycles. The summed E-state index contributed by atoms with van der Waals surface area (Å²) < 4.78 is 28.3. The van der Waals surface area contributed by atoms with Crippen LogP contribution < -0.4 is 5.32 Å². The van der Waals surface area contributed by atoms with Crippen LogP contribution in [0.2, 0.25) is 0 Å². The van der Waals surface area contributed by atoms with Gasteiger partial charge in [-0.25, -0.2) is 8.78 Å². The Kier molecular flexibility index (Phi) is 4.49. The molecule has 1 heterocycles. The van der Waals surface area contributed by atoms with Crippen LogP contribution >= 0.6 is 0 Å². The lowest BCUT2D eigenvalue weighted by atomic mass is 10.1. The topological polar surface area (TPSA) is 29.9 Å². The highest BCUT2D eigenvalue weighted by Crippen LogP contribution is 2.18. The van der Waals surface area contributed by atoms with Gasteiger partial charge in [-0.15, -0.1) is 0 Å². The maximum Gasteiger partial charge on any atom is 0.130 e. The van der Waals surface area contributed by atoms with Gasteiger partial charge in [0.25, 0.3) is 0 Å². The van der Waals surface area contributed by atoms with Crippen molar-refractivity contribution < 1.29 is 8.78 Å². The van der Waals surface area contributed by atoms with Crippen LogP contribution in [0.25, 0.3) is 0 Å². The molecule has 20 heavy (non-hydrogen) atoms. The standard InChI is InChI=1S/C15H19F2N3/c1-4-15-11(9-20(3)19-15)8-18-10(2)13-6-5-12(16)7-14(13)17/h5-7,9-10,18H,4,8H2,1-3H3. The van der Waals surface area contributed by atoms with Crippen LogP contribution in [0, 0.1) is 11.6 Å². The monoisotopic (exact) mass is 279 g/mol. The van der Waals surface area contributed by atoms with Crippen LogP contribution in [-0.4, -0.2) is 9.78 Å². The summed E-state index contributed by atoms with van der Waals surface area (Å²) in [7, 11) is 1.88. The Hall–Kier alpha value is -1.75. The second-order valence-electron chi connectivity index (χ2n) is 4.90. The minimum Gasteiger partial charge on any atom is -0.306 e. The van der Waals surface area contributed by atoms with Gasteiger partial charge in [0.15, 0.2) is 0 Å². The summed E-state index contributed by atoms with van der Waals surface area (Å²) >= 11 is 0. The van der Waals surface area contributed by atoms with Gasteiger partial charge >= 0.3 is 0 Å². The highest BCUT2D eigenvalue weighted by Gasteiger charge is 2.13. The number of rotatable bonds is 5. The minimum atomic E-state index is -0.557. The van der Waals surface area contributed by atoms with Crippen molar-refractivity contribution >= 4 is 0 Å². The molecule has 0 aliphatic heterocycles. The van der Waals surface area contributed by atoms with Crippen LogP contribution in [0.3, 0.4) is 0 Å². The van der Waals surface area contributed by atoms with Gasteiger partial charge in [-0.1, -0.05) is 13.0 Å². The van der Waals surface area contributed by atoms with Crippen molar-refractivity contribution in [2.24, 2.45) is 7.05 Å². The molecule has 0 saturated heterocycles. The van der Waals surface area contributed by atoms with Crippen molar-refractivity contribution in [3.05, 3.63) is 52.9 Å². The molecule has 0 aliphatic rings. The molecule has 1 unspecified atom stereocenters. The normalized spacial score (nSPS) is 12.7. The van der Waals surface area contributed by atoms with E-state index in [1.54, 1.807) is 4.68 Å². The SMILES string of the molecule is CCc1nn(C)cc1CNC(C)c1ccc(F)cc1F. The van der Waals surface area contributed by atoms with E-state index in [4.69, 9.17) is 0 Å². The molecule has 0 amide bonds. The van der Waals surface area contributed by atoms with Gasteiger partial charge in [0.05, 0.1) is 5.69 Å². The highest BCUT2D eigenvalue weighted by molar-refractivity contribution is 5.22. The zero-order chi connectivity index (χ0) is 14.7. The van der Waals surface area contributed by atoms with Crippen LogP contribution in [0.5, 0.6) is 0 Å². The molecular formula is C15H19F2N3. The smallest absolute Gasteiger partial charge is 0.130 e. The maximum atomic E-state index is 13.7. The first-order valence-corrected chi connectivity index (χ1v) is 6.71. The summed E-state index contributed by atoms with van der Waals surface area (Å²) in [6, 6.07) is 3.47. The van der Waals surface area contributed by atoms with Crippen molar-refractivity contribution in [3.8, 4) is 0 Å². The number of benzene rings is 1. The fourth-order valence-corrected chi connectivity index (χ4v) is 2.25. The van der Waals surface area contributed by atoms with E-state index in [1.807, 2.05) is 20.2 Å². The molecule has 0 spiro atoms. The predicted molar refractivity (Wildman–Crippen MR) is 74.2 cm³/mol. The number of aromatic nitrogens is 2. The van der Waals surface area contributed by atoms with Gasteiger partial charge in [-0.3, -0.25) is 4.68 Å². The lowest BCUT2D eigenvalue weighted by Gasteiger charge is -2.15. The number of aryl methyl sites for hydroxylation is 2. The quantitative estimate of drug-likeness (QED) is 0.911. The Labute approximate surface area is 117 Å². The third-order valence-electron chi connectivity index (χ3n) is 3.35. The highest BCUT2D eigenvalue weighted by atomic mass is 19.1. The van der Waals surface area contributed by atoms with E-state index in [2.05, 4.69) is 17.3 Å². The van der Waals surface area contributed by atoms with Crippen molar-refractivity contribution in [1.82, 2.24) is 15.1 Å². The number of nitrogens with zero attached hydrogens (tertiary/aromatic N) is 2. The molecule has 2 aromatic rings. The summed E-state index contributed by atoms with van der Waals surface area (Å²) in [5.41, 5.74) is 2.60. The molecule has 1 N–H and O–H groups in total. The molecule has 0 bridgehead atoms. The van der Waals surface area contributed by atoms with E-state index in [0.717, 1.165) is 23.7 Å². The molecule has 0 radical (unpaired) electrons. The Balaban J connectivity index is 2.06. The van der Waals surface area contributed by atoms with E-state index in [-0.39, 0.29) is 6.04 Å². The summed E-state index contributed by atoms with van der Waals surface area (Å²) in [4.78, 5) is 0. The molecule has 2 rings (SSSR count). The fraction of sp³-hybridized carbons (Fsp3) is 0.400. The van der Waals surface area contributed by atoms with Crippen molar-refractivity contribution in [1.29, 1.82) is 0 Å². The van der Waals surface area contributed by atoms with Crippen LogP contribution in [0.4, 0.5) is 8.78 Å². The van der Waals surface area contributed by atoms with E-state index in [0.29, 0.717) is 12.1 Å². The van der Waals surface area contributed by atoms with Crippen molar-refractivity contribution in [2.45, 2.75) is 32.9 Å². The van der Waals surface area contributed by atoms with Crippen LogP contribution in [0.15, 0.2) is 24.4 Å². The molecule has 1 atom stereocenters. The summed E-state index contributed by atoms with van der Waals surface area (Å²) in [5.74, 6) is -1.08. The zero-order valence-electron chi connectivity index (χ0n) is 12.0. The van der Waals surface area contributed by atoms with E-state index < -0.39 is 11.6 Å². The third kappa shape index (κ3) is 3.22. The average molecular weight is 279 g/mol. The first-order chi connectivity index (χ1) is 9.51. The van der Waals surface area contributed by atoms with E-state index in [9.17, 15) is 8.78 Å². The first-order valence-electron chi connectivity index (χ1n) is 6.71. The van der Waals surface area contributed by atoms with Crippen molar-refractivity contribution in [3.63, 3.8) is 0 Å². The molecule has 1 aromatic heterocycles. The number of nitrogens with one attached hydrogen (secondary N) is 1. The molecular weight excluding hydrogens is 260 g/mol. The number of hydrogen-bond acceptors (Lipinski definition) is 2. The second-order valence-corrected chi connectivity index (χ2v) is 4.90.